The summed E-state index contributed by atoms with van der Waals surface area (Å²) in [5.74, 6) is 0.207. The van der Waals surface area contributed by atoms with Crippen LogP contribution in [0.15, 0.2) is 18.2 Å². The first-order valence-electron chi connectivity index (χ1n) is 4.53. The zero-order valence-corrected chi connectivity index (χ0v) is 9.18. The van der Waals surface area contributed by atoms with Crippen LogP contribution in [-0.2, 0) is 9.53 Å². The van der Waals surface area contributed by atoms with E-state index in [4.69, 9.17) is 16.3 Å². The Morgan fingerprint density at radius 1 is 1.44 bits per heavy atom. The quantitative estimate of drug-likeness (QED) is 0.758. The predicted octanol–water partition coefficient (Wildman–Crippen LogP) is 1.56. The molecule has 0 spiro atoms. The van der Waals surface area contributed by atoms with Gasteiger partial charge in [-0.15, -0.1) is 10.2 Å². The number of para-hydroxylation sites is 1. The van der Waals surface area contributed by atoms with Crippen molar-refractivity contribution in [1.29, 1.82) is 0 Å². The third-order valence-electron chi connectivity index (χ3n) is 2.08. The molecular weight excluding hydrogens is 230 g/mol. The van der Waals surface area contributed by atoms with Crippen LogP contribution in [0.4, 0.5) is 0 Å². The maximum absolute atomic E-state index is 10.7. The zero-order valence-electron chi connectivity index (χ0n) is 8.42. The predicted molar refractivity (Wildman–Crippen MR) is 58.2 cm³/mol. The van der Waals surface area contributed by atoms with E-state index < -0.39 is 6.10 Å². The lowest BCUT2D eigenvalue weighted by atomic mass is 10.3. The SMILES string of the molecule is COC(C=O)c1nnc2cccc(Cl)c2n1. The number of aromatic nitrogens is 3. The molecule has 1 aromatic heterocycles. The van der Waals surface area contributed by atoms with Gasteiger partial charge >= 0.3 is 0 Å². The van der Waals surface area contributed by atoms with Crippen LogP contribution in [0.25, 0.3) is 11.0 Å². The number of hydrogen-bond acceptors (Lipinski definition) is 5. The standard InChI is InChI=1S/C10H8ClN3O2/c1-16-8(5-15)10-12-9-6(11)3-2-4-7(9)13-14-10/h2-5,8H,1H3. The number of halogens is 1. The van der Waals surface area contributed by atoms with Crippen molar-refractivity contribution in [3.05, 3.63) is 29.0 Å². The summed E-state index contributed by atoms with van der Waals surface area (Å²) in [4.78, 5) is 14.8. The second-order valence-electron chi connectivity index (χ2n) is 3.07. The van der Waals surface area contributed by atoms with Crippen molar-refractivity contribution >= 4 is 28.9 Å². The van der Waals surface area contributed by atoms with Crippen molar-refractivity contribution in [2.45, 2.75) is 6.10 Å². The minimum atomic E-state index is -0.812. The first-order valence-corrected chi connectivity index (χ1v) is 4.91. The van der Waals surface area contributed by atoms with Gasteiger partial charge in [-0.3, -0.25) is 4.79 Å². The molecule has 1 heterocycles. The van der Waals surface area contributed by atoms with Gasteiger partial charge in [0.05, 0.1) is 5.02 Å². The Labute approximate surface area is 96.4 Å². The number of benzene rings is 1. The van der Waals surface area contributed by atoms with E-state index >= 15 is 0 Å². The normalized spacial score (nSPS) is 12.6. The molecule has 1 atom stereocenters. The van der Waals surface area contributed by atoms with Crippen molar-refractivity contribution in [3.63, 3.8) is 0 Å². The van der Waals surface area contributed by atoms with Crippen LogP contribution >= 0.6 is 11.6 Å². The van der Waals surface area contributed by atoms with E-state index in [1.165, 1.54) is 7.11 Å². The highest BCUT2D eigenvalue weighted by Crippen LogP contribution is 2.20. The number of nitrogens with zero attached hydrogens (tertiary/aromatic N) is 3. The topological polar surface area (TPSA) is 65.0 Å². The maximum Gasteiger partial charge on any atom is 0.188 e. The molecule has 0 N–H and O–H groups in total. The lowest BCUT2D eigenvalue weighted by molar-refractivity contribution is -0.117. The summed E-state index contributed by atoms with van der Waals surface area (Å²) in [5, 5.41) is 8.20. The summed E-state index contributed by atoms with van der Waals surface area (Å²) in [6, 6.07) is 5.20. The molecular formula is C10H8ClN3O2. The third-order valence-corrected chi connectivity index (χ3v) is 2.39. The molecule has 1 unspecified atom stereocenters. The molecule has 0 amide bonds. The van der Waals surface area contributed by atoms with Gasteiger partial charge in [0.25, 0.3) is 0 Å². The van der Waals surface area contributed by atoms with Crippen LogP contribution < -0.4 is 0 Å². The number of carbonyl (C=O) groups excluding carboxylic acids is 1. The van der Waals surface area contributed by atoms with Crippen molar-refractivity contribution in [2.24, 2.45) is 0 Å². The minimum absolute atomic E-state index is 0.207. The van der Waals surface area contributed by atoms with Crippen molar-refractivity contribution in [2.75, 3.05) is 7.11 Å². The molecule has 0 aliphatic carbocycles. The molecule has 5 nitrogen and oxygen atoms in total. The van der Waals surface area contributed by atoms with E-state index in [1.807, 2.05) is 0 Å². The van der Waals surface area contributed by atoms with E-state index in [9.17, 15) is 4.79 Å². The Morgan fingerprint density at radius 2 is 2.25 bits per heavy atom. The molecule has 2 aromatic rings. The smallest absolute Gasteiger partial charge is 0.188 e. The van der Waals surface area contributed by atoms with Gasteiger partial charge in [0.2, 0.25) is 0 Å². The van der Waals surface area contributed by atoms with E-state index in [0.29, 0.717) is 22.3 Å². The van der Waals surface area contributed by atoms with E-state index in [-0.39, 0.29) is 5.82 Å². The van der Waals surface area contributed by atoms with Gasteiger partial charge in [0.15, 0.2) is 18.2 Å². The fraction of sp³-hybridized carbons (Fsp3) is 0.200. The molecule has 6 heteroatoms. The van der Waals surface area contributed by atoms with Crippen molar-refractivity contribution < 1.29 is 9.53 Å². The van der Waals surface area contributed by atoms with Gasteiger partial charge in [0.1, 0.15) is 11.0 Å². The average molecular weight is 238 g/mol. The van der Waals surface area contributed by atoms with Crippen LogP contribution in [0, 0.1) is 0 Å². The first-order chi connectivity index (χ1) is 7.76. The second-order valence-corrected chi connectivity index (χ2v) is 3.48. The Hall–Kier alpha value is -1.59. The fourth-order valence-electron chi connectivity index (χ4n) is 1.28. The number of aldehydes is 1. The summed E-state index contributed by atoms with van der Waals surface area (Å²) in [6.07, 6.45) is -0.201. The molecule has 0 saturated heterocycles. The van der Waals surface area contributed by atoms with E-state index in [0.717, 1.165) is 0 Å². The van der Waals surface area contributed by atoms with Gasteiger partial charge in [-0.1, -0.05) is 17.7 Å². The van der Waals surface area contributed by atoms with Gasteiger partial charge < -0.3 is 4.74 Å². The highest BCUT2D eigenvalue weighted by molar-refractivity contribution is 6.34. The van der Waals surface area contributed by atoms with Gasteiger partial charge in [0, 0.05) is 7.11 Å². The number of hydrogen-bond donors (Lipinski definition) is 0. The number of rotatable bonds is 3. The minimum Gasteiger partial charge on any atom is -0.366 e. The van der Waals surface area contributed by atoms with Crippen molar-refractivity contribution in [3.8, 4) is 0 Å². The van der Waals surface area contributed by atoms with Gasteiger partial charge in [-0.25, -0.2) is 4.98 Å². The monoisotopic (exact) mass is 237 g/mol. The molecule has 82 valence electrons. The number of methoxy groups -OCH3 is 1. The average Bonchev–Trinajstić information content (AvgIpc) is 2.32. The van der Waals surface area contributed by atoms with Crippen LogP contribution in [0.5, 0.6) is 0 Å². The molecule has 1 aromatic carbocycles. The van der Waals surface area contributed by atoms with Crippen LogP contribution in [0.2, 0.25) is 5.02 Å². The summed E-state index contributed by atoms with van der Waals surface area (Å²) >= 11 is 5.96. The summed E-state index contributed by atoms with van der Waals surface area (Å²) in [7, 11) is 1.40. The second kappa shape index (κ2) is 4.51. The Kier molecular flexibility index (Phi) is 3.07. The van der Waals surface area contributed by atoms with E-state index in [2.05, 4.69) is 15.2 Å². The molecule has 0 radical (unpaired) electrons. The van der Waals surface area contributed by atoms with E-state index in [1.54, 1.807) is 18.2 Å². The van der Waals surface area contributed by atoms with Crippen molar-refractivity contribution in [1.82, 2.24) is 15.2 Å². The highest BCUT2D eigenvalue weighted by Gasteiger charge is 2.14. The number of ether oxygens (including phenoxy) is 1. The van der Waals surface area contributed by atoms with Gasteiger partial charge in [-0.2, -0.15) is 0 Å². The van der Waals surface area contributed by atoms with Gasteiger partial charge in [-0.05, 0) is 12.1 Å². The molecule has 0 bridgehead atoms. The fourth-order valence-corrected chi connectivity index (χ4v) is 1.49. The molecule has 16 heavy (non-hydrogen) atoms. The first kappa shape index (κ1) is 10.9. The number of fused-ring (bicyclic) bond motifs is 1. The summed E-state index contributed by atoms with van der Waals surface area (Å²) in [6.45, 7) is 0. The zero-order chi connectivity index (χ0) is 11.5. The summed E-state index contributed by atoms with van der Waals surface area (Å²) in [5.41, 5.74) is 1.09. The molecule has 0 aliphatic heterocycles. The molecule has 0 fully saturated rings. The lowest BCUT2D eigenvalue weighted by Gasteiger charge is -2.06. The largest absolute Gasteiger partial charge is 0.366 e. The molecule has 0 saturated carbocycles. The Bertz CT molecular complexity index is 532. The number of carbonyl (C=O) groups is 1. The third kappa shape index (κ3) is 1.87. The Balaban J connectivity index is 2.58. The van der Waals surface area contributed by atoms with Crippen LogP contribution in [0.3, 0.4) is 0 Å². The molecule has 2 rings (SSSR count). The summed E-state index contributed by atoms with van der Waals surface area (Å²) < 4.78 is 4.90. The Morgan fingerprint density at radius 3 is 2.94 bits per heavy atom. The molecule has 0 aliphatic rings. The van der Waals surface area contributed by atoms with Crippen LogP contribution in [-0.4, -0.2) is 28.6 Å². The maximum atomic E-state index is 10.7. The van der Waals surface area contributed by atoms with Crippen LogP contribution in [0.1, 0.15) is 11.9 Å². The highest BCUT2D eigenvalue weighted by atomic mass is 35.5. The lowest BCUT2D eigenvalue weighted by Crippen LogP contribution is -2.09.